The van der Waals surface area contributed by atoms with Crippen molar-refractivity contribution in [3.05, 3.63) is 24.2 Å². The lowest BCUT2D eigenvalue weighted by molar-refractivity contribution is -0.0335. The summed E-state index contributed by atoms with van der Waals surface area (Å²) in [6.45, 7) is 0. The molecule has 2 saturated heterocycles. The average molecular weight is 249 g/mol. The van der Waals surface area contributed by atoms with Gasteiger partial charge in [0.15, 0.2) is 0 Å². The fraction of sp³-hybridized carbons (Fsp3) is 0.643. The number of piperidine rings is 2. The molecular formula is C14H19NO3. The minimum Gasteiger partial charge on any atom is -0.457 e. The van der Waals surface area contributed by atoms with Gasteiger partial charge >= 0.3 is 5.97 Å². The van der Waals surface area contributed by atoms with Gasteiger partial charge in [-0.05, 0) is 32.0 Å². The summed E-state index contributed by atoms with van der Waals surface area (Å²) in [5.41, 5.74) is 0. The van der Waals surface area contributed by atoms with E-state index >= 15 is 0 Å². The third kappa shape index (κ3) is 2.17. The number of furan rings is 1. The Morgan fingerprint density at radius 3 is 2.72 bits per heavy atom. The minimum atomic E-state index is -0.326. The van der Waals surface area contributed by atoms with Gasteiger partial charge in [-0.1, -0.05) is 6.42 Å². The lowest BCUT2D eigenvalue weighted by Gasteiger charge is -2.46. The Balaban J connectivity index is 1.63. The van der Waals surface area contributed by atoms with Crippen LogP contribution in [0, 0.1) is 0 Å². The molecule has 1 aromatic rings. The highest BCUT2D eigenvalue weighted by atomic mass is 16.6. The van der Waals surface area contributed by atoms with Gasteiger partial charge in [0.25, 0.3) is 0 Å². The maximum atomic E-state index is 11.8. The molecule has 18 heavy (non-hydrogen) atoms. The third-order valence-corrected chi connectivity index (χ3v) is 4.29. The Bertz CT molecular complexity index is 401. The molecule has 2 aliphatic heterocycles. The zero-order chi connectivity index (χ0) is 12.5. The van der Waals surface area contributed by atoms with Crippen LogP contribution in [0.4, 0.5) is 0 Å². The van der Waals surface area contributed by atoms with Crippen molar-refractivity contribution in [2.75, 3.05) is 7.05 Å². The van der Waals surface area contributed by atoms with Crippen molar-refractivity contribution in [2.45, 2.75) is 50.3 Å². The molecule has 0 N–H and O–H groups in total. The van der Waals surface area contributed by atoms with Gasteiger partial charge in [-0.3, -0.25) is 0 Å². The number of esters is 1. The van der Waals surface area contributed by atoms with Crippen molar-refractivity contribution >= 4 is 5.97 Å². The van der Waals surface area contributed by atoms with E-state index in [4.69, 9.17) is 9.15 Å². The lowest BCUT2D eigenvalue weighted by Crippen LogP contribution is -2.52. The number of carbonyl (C=O) groups excluding carboxylic acids is 1. The molecule has 0 aliphatic carbocycles. The molecule has 0 unspecified atom stereocenters. The van der Waals surface area contributed by atoms with Crippen molar-refractivity contribution < 1.29 is 13.9 Å². The fourth-order valence-corrected chi connectivity index (χ4v) is 3.27. The Kier molecular flexibility index (Phi) is 3.12. The first-order chi connectivity index (χ1) is 8.74. The van der Waals surface area contributed by atoms with Gasteiger partial charge in [-0.15, -0.1) is 0 Å². The molecule has 4 heteroatoms. The van der Waals surface area contributed by atoms with Crippen LogP contribution in [0.3, 0.4) is 0 Å². The standard InChI is InChI=1S/C14H19NO3/c1-15-10-4-2-5-11(15)9-12(8-10)18-14(16)13-6-3-7-17-13/h3,6-7,10-12H,2,4-5,8-9H2,1H3/t10-,11-/m0/s1. The number of carbonyl (C=O) groups is 1. The van der Waals surface area contributed by atoms with Crippen LogP contribution < -0.4 is 0 Å². The second-order valence-electron chi connectivity index (χ2n) is 5.38. The molecule has 2 bridgehead atoms. The second kappa shape index (κ2) is 4.76. The Hall–Kier alpha value is -1.29. The van der Waals surface area contributed by atoms with E-state index in [1.807, 2.05) is 0 Å². The summed E-state index contributed by atoms with van der Waals surface area (Å²) >= 11 is 0. The molecule has 3 rings (SSSR count). The first-order valence-corrected chi connectivity index (χ1v) is 6.70. The number of ether oxygens (including phenoxy) is 1. The van der Waals surface area contributed by atoms with E-state index in [9.17, 15) is 4.79 Å². The van der Waals surface area contributed by atoms with E-state index in [0.29, 0.717) is 17.8 Å². The van der Waals surface area contributed by atoms with Crippen molar-refractivity contribution in [1.29, 1.82) is 0 Å². The predicted molar refractivity (Wildman–Crippen MR) is 66.3 cm³/mol. The van der Waals surface area contributed by atoms with E-state index in [1.54, 1.807) is 12.1 Å². The zero-order valence-electron chi connectivity index (χ0n) is 10.7. The van der Waals surface area contributed by atoms with Gasteiger partial charge in [0.1, 0.15) is 6.10 Å². The van der Waals surface area contributed by atoms with Crippen LogP contribution in [0.2, 0.25) is 0 Å². The molecule has 0 aromatic carbocycles. The van der Waals surface area contributed by atoms with E-state index in [-0.39, 0.29) is 12.1 Å². The number of nitrogens with zero attached hydrogens (tertiary/aromatic N) is 1. The summed E-state index contributed by atoms with van der Waals surface area (Å²) in [6, 6.07) is 4.51. The van der Waals surface area contributed by atoms with Gasteiger partial charge in [0.2, 0.25) is 5.76 Å². The fourth-order valence-electron chi connectivity index (χ4n) is 3.27. The number of fused-ring (bicyclic) bond motifs is 2. The molecule has 0 amide bonds. The van der Waals surface area contributed by atoms with Gasteiger partial charge in [-0.25, -0.2) is 4.79 Å². The summed E-state index contributed by atoms with van der Waals surface area (Å²) in [5, 5.41) is 0. The molecule has 4 nitrogen and oxygen atoms in total. The quantitative estimate of drug-likeness (QED) is 0.755. The monoisotopic (exact) mass is 249 g/mol. The summed E-state index contributed by atoms with van der Waals surface area (Å²) in [7, 11) is 2.19. The Morgan fingerprint density at radius 2 is 2.11 bits per heavy atom. The maximum absolute atomic E-state index is 11.8. The molecule has 2 aliphatic rings. The molecular weight excluding hydrogens is 230 g/mol. The summed E-state index contributed by atoms with van der Waals surface area (Å²) in [6.07, 6.45) is 7.22. The predicted octanol–water partition coefficient (Wildman–Crippen LogP) is 2.45. The number of hydrogen-bond donors (Lipinski definition) is 0. The van der Waals surface area contributed by atoms with E-state index < -0.39 is 0 Å². The highest BCUT2D eigenvalue weighted by Crippen LogP contribution is 2.34. The van der Waals surface area contributed by atoms with Crippen LogP contribution in [0.15, 0.2) is 22.8 Å². The van der Waals surface area contributed by atoms with Crippen LogP contribution in [-0.2, 0) is 4.74 Å². The lowest BCUT2D eigenvalue weighted by atomic mass is 9.83. The van der Waals surface area contributed by atoms with Crippen LogP contribution >= 0.6 is 0 Å². The SMILES string of the molecule is CN1[C@H]2CCC[C@H]1CC(OC(=O)c1ccco1)C2. The van der Waals surface area contributed by atoms with Crippen LogP contribution in [0.5, 0.6) is 0 Å². The summed E-state index contributed by atoms with van der Waals surface area (Å²) < 4.78 is 10.6. The zero-order valence-corrected chi connectivity index (χ0v) is 10.7. The summed E-state index contributed by atoms with van der Waals surface area (Å²) in [5.74, 6) is -0.0216. The molecule has 2 fully saturated rings. The van der Waals surface area contributed by atoms with Crippen LogP contribution in [-0.4, -0.2) is 36.1 Å². The molecule has 2 atom stereocenters. The first kappa shape index (κ1) is 11.8. The highest BCUT2D eigenvalue weighted by molar-refractivity contribution is 5.86. The van der Waals surface area contributed by atoms with Gasteiger partial charge < -0.3 is 14.1 Å². The van der Waals surface area contributed by atoms with Crippen LogP contribution in [0.25, 0.3) is 0 Å². The molecule has 3 heterocycles. The minimum absolute atomic E-state index is 0.0501. The van der Waals surface area contributed by atoms with Gasteiger partial charge in [0.05, 0.1) is 6.26 Å². The van der Waals surface area contributed by atoms with Crippen molar-refractivity contribution in [2.24, 2.45) is 0 Å². The van der Waals surface area contributed by atoms with Crippen molar-refractivity contribution in [3.8, 4) is 0 Å². The van der Waals surface area contributed by atoms with Crippen molar-refractivity contribution in [3.63, 3.8) is 0 Å². The van der Waals surface area contributed by atoms with Gasteiger partial charge in [-0.2, -0.15) is 0 Å². The second-order valence-corrected chi connectivity index (χ2v) is 5.38. The molecule has 0 saturated carbocycles. The topological polar surface area (TPSA) is 42.7 Å². The van der Waals surface area contributed by atoms with E-state index in [0.717, 1.165) is 12.8 Å². The first-order valence-electron chi connectivity index (χ1n) is 6.70. The van der Waals surface area contributed by atoms with Gasteiger partial charge in [0, 0.05) is 24.9 Å². The number of rotatable bonds is 2. The normalized spacial score (nSPS) is 32.2. The number of hydrogen-bond acceptors (Lipinski definition) is 4. The molecule has 0 radical (unpaired) electrons. The maximum Gasteiger partial charge on any atom is 0.374 e. The molecule has 0 spiro atoms. The van der Waals surface area contributed by atoms with Crippen LogP contribution in [0.1, 0.15) is 42.7 Å². The largest absolute Gasteiger partial charge is 0.457 e. The molecule has 98 valence electrons. The highest BCUT2D eigenvalue weighted by Gasteiger charge is 2.37. The van der Waals surface area contributed by atoms with E-state index in [2.05, 4.69) is 11.9 Å². The smallest absolute Gasteiger partial charge is 0.374 e. The average Bonchev–Trinajstić information content (AvgIpc) is 2.84. The Labute approximate surface area is 107 Å². The van der Waals surface area contributed by atoms with Crippen molar-refractivity contribution in [1.82, 2.24) is 4.90 Å². The summed E-state index contributed by atoms with van der Waals surface area (Å²) in [4.78, 5) is 14.3. The van der Waals surface area contributed by atoms with E-state index in [1.165, 1.54) is 25.5 Å². The molecule has 1 aromatic heterocycles. The third-order valence-electron chi connectivity index (χ3n) is 4.29. The Morgan fingerprint density at radius 1 is 1.39 bits per heavy atom.